The zero-order valence-electron chi connectivity index (χ0n) is 8.69. The van der Waals surface area contributed by atoms with Crippen LogP contribution in [0, 0.1) is 4.64 Å². The van der Waals surface area contributed by atoms with Crippen LogP contribution in [0.2, 0.25) is 0 Å². The molecule has 0 atom stereocenters. The maximum Gasteiger partial charge on any atom is 0.122 e. The normalized spacial score (nSPS) is 13.2. The van der Waals surface area contributed by atoms with Crippen LogP contribution in [0.5, 0.6) is 5.75 Å². The largest absolute Gasteiger partial charge is 0.493 e. The van der Waals surface area contributed by atoms with Gasteiger partial charge in [0.15, 0.2) is 0 Å². The summed E-state index contributed by atoms with van der Waals surface area (Å²) in [5.41, 5.74) is 3.50. The first-order chi connectivity index (χ1) is 7.83. The van der Waals surface area contributed by atoms with Crippen LogP contribution in [0.15, 0.2) is 36.4 Å². The summed E-state index contributed by atoms with van der Waals surface area (Å²) in [6.45, 7) is 0.795. The second kappa shape index (κ2) is 3.76. The molecule has 0 amide bonds. The lowest BCUT2D eigenvalue weighted by Crippen LogP contribution is -1.85. The quantitative estimate of drug-likeness (QED) is 0.759. The zero-order valence-corrected chi connectivity index (χ0v) is 9.51. The Labute approximate surface area is 98.9 Å². The molecule has 0 spiro atoms. The van der Waals surface area contributed by atoms with Gasteiger partial charge in [0, 0.05) is 12.1 Å². The van der Waals surface area contributed by atoms with Crippen molar-refractivity contribution in [2.45, 2.75) is 6.42 Å². The van der Waals surface area contributed by atoms with Crippen LogP contribution in [-0.4, -0.2) is 11.6 Å². The molecule has 3 rings (SSSR count). The first-order valence-electron chi connectivity index (χ1n) is 5.28. The summed E-state index contributed by atoms with van der Waals surface area (Å²) in [4.78, 5) is 3.19. The van der Waals surface area contributed by atoms with E-state index in [9.17, 15) is 0 Å². The van der Waals surface area contributed by atoms with E-state index in [0.717, 1.165) is 34.7 Å². The maximum absolute atomic E-state index is 5.48. The van der Waals surface area contributed by atoms with Crippen molar-refractivity contribution in [1.82, 2.24) is 4.98 Å². The van der Waals surface area contributed by atoms with E-state index in [1.165, 1.54) is 5.56 Å². The van der Waals surface area contributed by atoms with Crippen molar-refractivity contribution >= 4 is 12.2 Å². The minimum Gasteiger partial charge on any atom is -0.493 e. The summed E-state index contributed by atoms with van der Waals surface area (Å²) in [6, 6.07) is 12.1. The molecule has 0 unspecified atom stereocenters. The van der Waals surface area contributed by atoms with Gasteiger partial charge in [0.1, 0.15) is 10.4 Å². The highest BCUT2D eigenvalue weighted by Crippen LogP contribution is 2.29. The highest BCUT2D eigenvalue weighted by atomic mass is 32.1. The first kappa shape index (κ1) is 9.60. The molecule has 16 heavy (non-hydrogen) atoms. The standard InChI is InChI=1S/C13H11NOS/c16-13-3-1-2-11(14-13)9-4-5-12-10(8-9)6-7-15-12/h1-5,8H,6-7H2,(H,14,16). The lowest BCUT2D eigenvalue weighted by Gasteiger charge is -2.04. The van der Waals surface area contributed by atoms with Gasteiger partial charge in [0.25, 0.3) is 0 Å². The molecule has 0 bridgehead atoms. The van der Waals surface area contributed by atoms with Crippen molar-refractivity contribution in [2.24, 2.45) is 0 Å². The highest BCUT2D eigenvalue weighted by Gasteiger charge is 2.12. The Kier molecular flexibility index (Phi) is 2.26. The van der Waals surface area contributed by atoms with Crippen LogP contribution in [0.1, 0.15) is 5.56 Å². The Morgan fingerprint density at radius 3 is 3.00 bits per heavy atom. The summed E-state index contributed by atoms with van der Waals surface area (Å²) in [5.74, 6) is 1.01. The third kappa shape index (κ3) is 1.63. The van der Waals surface area contributed by atoms with Crippen LogP contribution in [0.25, 0.3) is 11.3 Å². The minimum absolute atomic E-state index is 0.759. The van der Waals surface area contributed by atoms with Crippen LogP contribution in [0.4, 0.5) is 0 Å². The monoisotopic (exact) mass is 229 g/mol. The van der Waals surface area contributed by atoms with Gasteiger partial charge in [0.2, 0.25) is 0 Å². The molecule has 1 aliphatic rings. The number of ether oxygens (including phenoxy) is 1. The third-order valence-electron chi connectivity index (χ3n) is 2.77. The molecule has 0 saturated heterocycles. The smallest absolute Gasteiger partial charge is 0.122 e. The van der Waals surface area contributed by atoms with Gasteiger partial charge in [-0.25, -0.2) is 0 Å². The molecule has 0 fully saturated rings. The first-order valence-corrected chi connectivity index (χ1v) is 5.69. The summed E-state index contributed by atoms with van der Waals surface area (Å²) < 4.78 is 6.24. The summed E-state index contributed by atoms with van der Waals surface area (Å²) >= 11 is 5.12. The molecule has 0 radical (unpaired) electrons. The molecule has 2 aromatic rings. The Morgan fingerprint density at radius 2 is 2.12 bits per heavy atom. The Balaban J connectivity index is 2.10. The van der Waals surface area contributed by atoms with Gasteiger partial charge >= 0.3 is 0 Å². The molecule has 2 heterocycles. The topological polar surface area (TPSA) is 25.0 Å². The van der Waals surface area contributed by atoms with Gasteiger partial charge in [0.05, 0.1) is 6.61 Å². The number of benzene rings is 1. The van der Waals surface area contributed by atoms with Gasteiger partial charge in [-0.15, -0.1) is 0 Å². The number of aromatic nitrogens is 1. The van der Waals surface area contributed by atoms with E-state index in [4.69, 9.17) is 17.0 Å². The molecule has 80 valence electrons. The van der Waals surface area contributed by atoms with Crippen molar-refractivity contribution < 1.29 is 4.74 Å². The number of aromatic amines is 1. The second-order valence-electron chi connectivity index (χ2n) is 3.85. The van der Waals surface area contributed by atoms with Crippen LogP contribution < -0.4 is 4.74 Å². The lowest BCUT2D eigenvalue weighted by molar-refractivity contribution is 0.357. The van der Waals surface area contributed by atoms with E-state index in [-0.39, 0.29) is 0 Å². The van der Waals surface area contributed by atoms with Crippen molar-refractivity contribution in [1.29, 1.82) is 0 Å². The molecule has 1 N–H and O–H groups in total. The van der Waals surface area contributed by atoms with E-state index in [1.807, 2.05) is 24.3 Å². The molecule has 1 aromatic heterocycles. The van der Waals surface area contributed by atoms with E-state index < -0.39 is 0 Å². The van der Waals surface area contributed by atoms with Crippen molar-refractivity contribution in [3.63, 3.8) is 0 Å². The summed E-state index contributed by atoms with van der Waals surface area (Å²) in [5, 5.41) is 0. The van der Waals surface area contributed by atoms with E-state index in [2.05, 4.69) is 17.1 Å². The van der Waals surface area contributed by atoms with Gasteiger partial charge in [-0.2, -0.15) is 0 Å². The fourth-order valence-electron chi connectivity index (χ4n) is 1.97. The predicted octanol–water partition coefficient (Wildman–Crippen LogP) is 3.35. The number of fused-ring (bicyclic) bond motifs is 1. The number of hydrogen-bond acceptors (Lipinski definition) is 2. The number of pyridine rings is 1. The zero-order chi connectivity index (χ0) is 11.0. The SMILES string of the molecule is S=c1cccc(-c2ccc3c(c2)CCO3)[nH]1. The van der Waals surface area contributed by atoms with Crippen LogP contribution in [-0.2, 0) is 6.42 Å². The summed E-state index contributed by atoms with van der Waals surface area (Å²) in [6.07, 6.45) is 0.997. The fraction of sp³-hybridized carbons (Fsp3) is 0.154. The van der Waals surface area contributed by atoms with E-state index in [1.54, 1.807) is 0 Å². The molecule has 2 nitrogen and oxygen atoms in total. The third-order valence-corrected chi connectivity index (χ3v) is 3.01. The molecular formula is C13H11NOS. The Bertz CT molecular complexity index is 588. The van der Waals surface area contributed by atoms with Gasteiger partial charge in [-0.3, -0.25) is 0 Å². The van der Waals surface area contributed by atoms with Gasteiger partial charge in [-0.1, -0.05) is 18.3 Å². The molecule has 1 aromatic carbocycles. The van der Waals surface area contributed by atoms with Gasteiger partial charge < -0.3 is 9.72 Å². The molecule has 0 saturated carbocycles. The molecule has 0 aliphatic carbocycles. The van der Waals surface area contributed by atoms with Crippen molar-refractivity contribution in [3.8, 4) is 17.0 Å². The number of H-pyrrole nitrogens is 1. The average molecular weight is 229 g/mol. The molecule has 3 heteroatoms. The van der Waals surface area contributed by atoms with E-state index >= 15 is 0 Å². The summed E-state index contributed by atoms with van der Waals surface area (Å²) in [7, 11) is 0. The highest BCUT2D eigenvalue weighted by molar-refractivity contribution is 7.71. The predicted molar refractivity (Wildman–Crippen MR) is 66.3 cm³/mol. The van der Waals surface area contributed by atoms with Crippen molar-refractivity contribution in [3.05, 3.63) is 46.6 Å². The Hall–Kier alpha value is -1.61. The molecule has 1 aliphatic heterocycles. The minimum atomic E-state index is 0.759. The van der Waals surface area contributed by atoms with Crippen molar-refractivity contribution in [2.75, 3.05) is 6.61 Å². The average Bonchev–Trinajstić information content (AvgIpc) is 2.75. The lowest BCUT2D eigenvalue weighted by atomic mass is 10.1. The fourth-order valence-corrected chi connectivity index (χ4v) is 2.16. The van der Waals surface area contributed by atoms with Crippen LogP contribution >= 0.6 is 12.2 Å². The maximum atomic E-state index is 5.48. The van der Waals surface area contributed by atoms with Gasteiger partial charge in [-0.05, 0) is 41.5 Å². The number of hydrogen-bond donors (Lipinski definition) is 1. The number of nitrogens with one attached hydrogen (secondary N) is 1. The molecular weight excluding hydrogens is 218 g/mol. The Morgan fingerprint density at radius 1 is 1.19 bits per heavy atom. The van der Waals surface area contributed by atoms with Crippen LogP contribution in [0.3, 0.4) is 0 Å². The van der Waals surface area contributed by atoms with E-state index in [0.29, 0.717) is 0 Å². The second-order valence-corrected chi connectivity index (χ2v) is 4.29. The number of rotatable bonds is 1.